The van der Waals surface area contributed by atoms with E-state index in [1.807, 2.05) is 11.3 Å². The molecular formula is C47H29NS. The minimum Gasteiger partial charge on any atom is -0.248 e. The topological polar surface area (TPSA) is 12.9 Å². The average Bonchev–Trinajstić information content (AvgIpc) is 3.56. The largest absolute Gasteiger partial charge is 0.248 e. The van der Waals surface area contributed by atoms with Gasteiger partial charge in [0.1, 0.15) is 0 Å². The van der Waals surface area contributed by atoms with Gasteiger partial charge in [-0.1, -0.05) is 146 Å². The van der Waals surface area contributed by atoms with Gasteiger partial charge in [-0.3, -0.25) is 0 Å². The van der Waals surface area contributed by atoms with Crippen LogP contribution in [0.1, 0.15) is 0 Å². The Bertz CT molecular complexity index is 2810. The Labute approximate surface area is 288 Å². The molecule has 0 radical (unpaired) electrons. The number of nitrogens with zero attached hydrogens (tertiary/aromatic N) is 1. The Kier molecular flexibility index (Phi) is 6.43. The molecule has 0 unspecified atom stereocenters. The molecule has 0 spiro atoms. The molecule has 228 valence electrons. The van der Waals surface area contributed by atoms with Gasteiger partial charge in [0.15, 0.2) is 0 Å². The molecule has 0 bridgehead atoms. The summed E-state index contributed by atoms with van der Waals surface area (Å²) in [7, 11) is 0. The van der Waals surface area contributed by atoms with Crippen LogP contribution in [0.3, 0.4) is 0 Å². The molecule has 0 aliphatic rings. The fraction of sp³-hybridized carbons (Fsp3) is 0. The van der Waals surface area contributed by atoms with Crippen molar-refractivity contribution in [1.82, 2.24) is 4.98 Å². The van der Waals surface area contributed by atoms with Crippen molar-refractivity contribution in [2.75, 3.05) is 0 Å². The summed E-state index contributed by atoms with van der Waals surface area (Å²) in [6.45, 7) is 0. The van der Waals surface area contributed by atoms with Crippen molar-refractivity contribution >= 4 is 63.8 Å². The molecule has 49 heavy (non-hydrogen) atoms. The summed E-state index contributed by atoms with van der Waals surface area (Å²) < 4.78 is 2.65. The summed E-state index contributed by atoms with van der Waals surface area (Å²) in [5, 5.41) is 10.2. The van der Waals surface area contributed by atoms with E-state index in [0.717, 1.165) is 28.1 Å². The zero-order valence-corrected chi connectivity index (χ0v) is 27.4. The molecule has 10 aromatic rings. The summed E-state index contributed by atoms with van der Waals surface area (Å²) in [6.07, 6.45) is 0. The Morgan fingerprint density at radius 2 is 0.878 bits per heavy atom. The average molecular weight is 640 g/mol. The molecule has 0 saturated carbocycles. The molecule has 2 heteroatoms. The quantitative estimate of drug-likeness (QED) is 0.175. The monoisotopic (exact) mass is 639 g/mol. The van der Waals surface area contributed by atoms with Crippen LogP contribution in [0.2, 0.25) is 0 Å². The number of fused-ring (bicyclic) bond motifs is 9. The van der Waals surface area contributed by atoms with Crippen LogP contribution in [-0.2, 0) is 0 Å². The minimum absolute atomic E-state index is 0.970. The minimum atomic E-state index is 0.970. The number of benzene rings is 8. The number of pyridine rings is 1. The predicted octanol–water partition coefficient (Wildman–Crippen LogP) is 13.6. The van der Waals surface area contributed by atoms with Crippen molar-refractivity contribution in [1.29, 1.82) is 0 Å². The summed E-state index contributed by atoms with van der Waals surface area (Å²) in [4.78, 5) is 5.35. The number of hydrogen-bond donors (Lipinski definition) is 0. The lowest BCUT2D eigenvalue weighted by Crippen LogP contribution is -1.93. The first-order valence-corrected chi connectivity index (χ1v) is 17.5. The number of thiophene rings is 1. The van der Waals surface area contributed by atoms with Crippen LogP contribution >= 0.6 is 11.3 Å². The zero-order chi connectivity index (χ0) is 32.3. The number of hydrogen-bond acceptors (Lipinski definition) is 2. The first kappa shape index (κ1) is 28.0. The van der Waals surface area contributed by atoms with Gasteiger partial charge in [-0.05, 0) is 84.9 Å². The van der Waals surface area contributed by atoms with Gasteiger partial charge in [-0.2, -0.15) is 0 Å². The lowest BCUT2D eigenvalue weighted by atomic mass is 9.88. The van der Waals surface area contributed by atoms with Gasteiger partial charge in [0.2, 0.25) is 0 Å². The summed E-state index contributed by atoms with van der Waals surface area (Å²) >= 11 is 1.87. The smallest absolute Gasteiger partial charge is 0.0722 e. The molecule has 0 aliphatic carbocycles. The maximum atomic E-state index is 5.35. The standard InChI is InChI=1S/C47H29NS/c1-3-12-30(13-4-1)34-27-43(31-14-5-2-6-15-31)48-44(28-34)41-20-11-19-39-35-16-7-8-17-36(35)42-26-32(23-25-40(42)47(39)41)33-22-24-38-37-18-9-10-21-45(37)49-46(38)29-33/h1-29H. The Morgan fingerprint density at radius 3 is 1.67 bits per heavy atom. The first-order chi connectivity index (χ1) is 24.3. The lowest BCUT2D eigenvalue weighted by Gasteiger charge is -2.16. The van der Waals surface area contributed by atoms with Crippen LogP contribution in [-0.4, -0.2) is 4.98 Å². The summed E-state index contributed by atoms with van der Waals surface area (Å²) in [6, 6.07) is 63.8. The maximum Gasteiger partial charge on any atom is 0.0722 e. The fourth-order valence-electron chi connectivity index (χ4n) is 7.53. The predicted molar refractivity (Wildman–Crippen MR) is 211 cm³/mol. The van der Waals surface area contributed by atoms with Gasteiger partial charge in [-0.15, -0.1) is 11.3 Å². The van der Waals surface area contributed by atoms with E-state index in [4.69, 9.17) is 4.98 Å². The fourth-order valence-corrected chi connectivity index (χ4v) is 8.67. The molecule has 1 nitrogen and oxygen atoms in total. The van der Waals surface area contributed by atoms with Crippen molar-refractivity contribution in [3.05, 3.63) is 176 Å². The zero-order valence-electron chi connectivity index (χ0n) is 26.6. The lowest BCUT2D eigenvalue weighted by molar-refractivity contribution is 1.33. The van der Waals surface area contributed by atoms with E-state index >= 15 is 0 Å². The molecule has 0 fully saturated rings. The highest BCUT2D eigenvalue weighted by Gasteiger charge is 2.17. The Morgan fingerprint density at radius 1 is 0.306 bits per heavy atom. The molecule has 0 aliphatic heterocycles. The highest BCUT2D eigenvalue weighted by Crippen LogP contribution is 2.43. The van der Waals surface area contributed by atoms with E-state index in [1.165, 1.54) is 69.2 Å². The second-order valence-corrected chi connectivity index (χ2v) is 13.8. The van der Waals surface area contributed by atoms with Gasteiger partial charge < -0.3 is 0 Å². The van der Waals surface area contributed by atoms with E-state index < -0.39 is 0 Å². The Balaban J connectivity index is 1.23. The van der Waals surface area contributed by atoms with E-state index in [-0.39, 0.29) is 0 Å². The van der Waals surface area contributed by atoms with Crippen molar-refractivity contribution in [3.8, 4) is 44.8 Å². The van der Waals surface area contributed by atoms with E-state index in [1.54, 1.807) is 0 Å². The third-order valence-corrected chi connectivity index (χ3v) is 11.0. The Hall–Kier alpha value is -6.09. The third-order valence-electron chi connectivity index (χ3n) is 9.85. The molecule has 0 saturated heterocycles. The summed E-state index contributed by atoms with van der Waals surface area (Å²) in [5.41, 5.74) is 9.00. The van der Waals surface area contributed by atoms with Crippen LogP contribution in [0.15, 0.2) is 176 Å². The second-order valence-electron chi connectivity index (χ2n) is 12.7. The van der Waals surface area contributed by atoms with Gasteiger partial charge in [-0.25, -0.2) is 4.98 Å². The van der Waals surface area contributed by atoms with Gasteiger partial charge in [0.05, 0.1) is 11.4 Å². The molecule has 2 aromatic heterocycles. The van der Waals surface area contributed by atoms with Crippen molar-refractivity contribution in [2.24, 2.45) is 0 Å². The van der Waals surface area contributed by atoms with Crippen LogP contribution in [0.4, 0.5) is 0 Å². The van der Waals surface area contributed by atoms with Gasteiger partial charge in [0, 0.05) is 31.3 Å². The third kappa shape index (κ3) is 4.64. The number of aromatic nitrogens is 1. The molecule has 8 aromatic carbocycles. The number of rotatable bonds is 4. The summed E-state index contributed by atoms with van der Waals surface area (Å²) in [5.74, 6) is 0. The second kappa shape index (κ2) is 11.3. The van der Waals surface area contributed by atoms with E-state index in [2.05, 4.69) is 176 Å². The van der Waals surface area contributed by atoms with Crippen molar-refractivity contribution < 1.29 is 0 Å². The van der Waals surface area contributed by atoms with Gasteiger partial charge in [0.25, 0.3) is 0 Å². The first-order valence-electron chi connectivity index (χ1n) is 16.7. The molecule has 0 atom stereocenters. The van der Waals surface area contributed by atoms with Crippen molar-refractivity contribution in [3.63, 3.8) is 0 Å². The molecule has 0 amide bonds. The molecular weight excluding hydrogens is 611 g/mol. The maximum absolute atomic E-state index is 5.35. The SMILES string of the molecule is c1ccc(-c2cc(-c3ccccc3)nc(-c3cccc4c5ccccc5c5cc(-c6ccc7c(c6)sc6ccccc67)ccc5c34)c2)cc1. The van der Waals surface area contributed by atoms with E-state index in [0.29, 0.717) is 0 Å². The molecule has 10 rings (SSSR count). The van der Waals surface area contributed by atoms with Crippen molar-refractivity contribution in [2.45, 2.75) is 0 Å². The van der Waals surface area contributed by atoms with Crippen LogP contribution in [0.25, 0.3) is 97.3 Å². The van der Waals surface area contributed by atoms with Gasteiger partial charge >= 0.3 is 0 Å². The normalized spacial score (nSPS) is 11.7. The van der Waals surface area contributed by atoms with Crippen LogP contribution in [0, 0.1) is 0 Å². The molecule has 0 N–H and O–H groups in total. The van der Waals surface area contributed by atoms with Crippen LogP contribution < -0.4 is 0 Å². The van der Waals surface area contributed by atoms with E-state index in [9.17, 15) is 0 Å². The molecule has 2 heterocycles. The highest BCUT2D eigenvalue weighted by molar-refractivity contribution is 7.25. The van der Waals surface area contributed by atoms with Crippen LogP contribution in [0.5, 0.6) is 0 Å². The highest BCUT2D eigenvalue weighted by atomic mass is 32.1.